The molecule has 0 fully saturated rings. The first kappa shape index (κ1) is 16.2. The molecule has 0 spiro atoms. The van der Waals surface area contributed by atoms with Crippen molar-refractivity contribution in [2.24, 2.45) is 12.8 Å². The number of hydrogen-bond acceptors (Lipinski definition) is 4. The lowest BCUT2D eigenvalue weighted by molar-refractivity contribution is -0.117. The molecule has 1 amide bonds. The molecular weight excluding hydrogens is 329 g/mol. The van der Waals surface area contributed by atoms with Crippen LogP contribution in [-0.2, 0) is 11.8 Å². The summed E-state index contributed by atoms with van der Waals surface area (Å²) in [6, 6.07) is 12.5. The van der Waals surface area contributed by atoms with Crippen molar-refractivity contribution >= 4 is 28.6 Å². The van der Waals surface area contributed by atoms with E-state index in [4.69, 9.17) is 5.73 Å². The molecule has 5 nitrogen and oxygen atoms in total. The third-order valence-electron chi connectivity index (χ3n) is 3.60. The normalized spacial score (nSPS) is 12.2. The van der Waals surface area contributed by atoms with E-state index >= 15 is 0 Å². The second-order valence-electron chi connectivity index (χ2n) is 5.23. The number of amides is 1. The Morgan fingerprint density at radius 2 is 1.88 bits per heavy atom. The van der Waals surface area contributed by atoms with E-state index in [0.29, 0.717) is 21.6 Å². The molecule has 2 aromatic carbocycles. The van der Waals surface area contributed by atoms with Crippen LogP contribution in [0.2, 0.25) is 0 Å². The second kappa shape index (κ2) is 6.45. The Hall–Kier alpha value is -2.67. The molecule has 7 heteroatoms. The third-order valence-corrected chi connectivity index (χ3v) is 4.91. The average Bonchev–Trinajstić information content (AvgIpc) is 2.57. The SMILES string of the molecule is Cn1c(S[C@@H](C(N)=O)c2ccc(F)cc2)nc2ccccc2c1=O. The molecule has 1 aromatic heterocycles. The molecule has 122 valence electrons. The van der Waals surface area contributed by atoms with Gasteiger partial charge in [0.05, 0.1) is 10.9 Å². The number of halogens is 1. The summed E-state index contributed by atoms with van der Waals surface area (Å²) in [5.74, 6) is -0.989. The van der Waals surface area contributed by atoms with Gasteiger partial charge in [-0.2, -0.15) is 0 Å². The smallest absolute Gasteiger partial charge is 0.261 e. The number of hydrogen-bond donors (Lipinski definition) is 1. The molecule has 1 heterocycles. The highest BCUT2D eigenvalue weighted by Gasteiger charge is 2.22. The highest BCUT2D eigenvalue weighted by atomic mass is 32.2. The first-order chi connectivity index (χ1) is 11.5. The molecule has 0 bridgehead atoms. The van der Waals surface area contributed by atoms with Gasteiger partial charge in [0.2, 0.25) is 5.91 Å². The number of carbonyl (C=O) groups is 1. The summed E-state index contributed by atoms with van der Waals surface area (Å²) in [6.07, 6.45) is 0. The number of thioether (sulfide) groups is 1. The van der Waals surface area contributed by atoms with Crippen LogP contribution in [0.3, 0.4) is 0 Å². The molecule has 0 radical (unpaired) electrons. The summed E-state index contributed by atoms with van der Waals surface area (Å²) < 4.78 is 14.5. The van der Waals surface area contributed by atoms with Crippen molar-refractivity contribution in [3.63, 3.8) is 0 Å². The van der Waals surface area contributed by atoms with Gasteiger partial charge in [0.25, 0.3) is 5.56 Å². The van der Waals surface area contributed by atoms with Crippen molar-refractivity contribution in [2.75, 3.05) is 0 Å². The summed E-state index contributed by atoms with van der Waals surface area (Å²) in [7, 11) is 1.59. The van der Waals surface area contributed by atoms with Crippen LogP contribution >= 0.6 is 11.8 Å². The highest BCUT2D eigenvalue weighted by Crippen LogP contribution is 2.33. The monoisotopic (exact) mass is 343 g/mol. The summed E-state index contributed by atoms with van der Waals surface area (Å²) in [4.78, 5) is 28.7. The van der Waals surface area contributed by atoms with Crippen LogP contribution in [0, 0.1) is 5.82 Å². The Balaban J connectivity index is 2.06. The average molecular weight is 343 g/mol. The van der Waals surface area contributed by atoms with Crippen LogP contribution in [0.15, 0.2) is 58.5 Å². The summed E-state index contributed by atoms with van der Waals surface area (Å²) in [6.45, 7) is 0. The molecule has 0 aliphatic heterocycles. The summed E-state index contributed by atoms with van der Waals surface area (Å²) in [5, 5.41) is 0.0958. The van der Waals surface area contributed by atoms with E-state index < -0.39 is 17.0 Å². The predicted molar refractivity (Wildman–Crippen MR) is 91.2 cm³/mol. The van der Waals surface area contributed by atoms with Gasteiger partial charge in [0, 0.05) is 7.05 Å². The Morgan fingerprint density at radius 3 is 2.54 bits per heavy atom. The Morgan fingerprint density at radius 1 is 1.21 bits per heavy atom. The van der Waals surface area contributed by atoms with Crippen molar-refractivity contribution in [1.82, 2.24) is 9.55 Å². The summed E-state index contributed by atoms with van der Waals surface area (Å²) in [5.41, 5.74) is 6.38. The van der Waals surface area contributed by atoms with E-state index in [-0.39, 0.29) is 5.56 Å². The van der Waals surface area contributed by atoms with Crippen LogP contribution in [0.4, 0.5) is 4.39 Å². The maximum atomic E-state index is 13.1. The fourth-order valence-electron chi connectivity index (χ4n) is 2.34. The second-order valence-corrected chi connectivity index (χ2v) is 6.30. The van der Waals surface area contributed by atoms with Crippen molar-refractivity contribution in [1.29, 1.82) is 0 Å². The highest BCUT2D eigenvalue weighted by molar-refractivity contribution is 8.00. The lowest BCUT2D eigenvalue weighted by Gasteiger charge is -2.15. The van der Waals surface area contributed by atoms with E-state index in [9.17, 15) is 14.0 Å². The Labute approximate surface area is 141 Å². The minimum absolute atomic E-state index is 0.203. The van der Waals surface area contributed by atoms with Gasteiger partial charge >= 0.3 is 0 Å². The molecule has 0 saturated heterocycles. The molecule has 0 aliphatic rings. The first-order valence-electron chi connectivity index (χ1n) is 7.14. The van der Waals surface area contributed by atoms with Crippen LogP contribution in [0.25, 0.3) is 10.9 Å². The van der Waals surface area contributed by atoms with Gasteiger partial charge in [-0.15, -0.1) is 0 Å². The molecule has 3 rings (SSSR count). The van der Waals surface area contributed by atoms with E-state index in [0.717, 1.165) is 11.8 Å². The van der Waals surface area contributed by atoms with Crippen molar-refractivity contribution in [3.8, 4) is 0 Å². The van der Waals surface area contributed by atoms with Crippen molar-refractivity contribution in [3.05, 3.63) is 70.3 Å². The fourth-order valence-corrected chi connectivity index (χ4v) is 3.35. The predicted octanol–water partition coefficient (Wildman–Crippen LogP) is 2.39. The largest absolute Gasteiger partial charge is 0.368 e. The van der Waals surface area contributed by atoms with Crippen molar-refractivity contribution in [2.45, 2.75) is 10.4 Å². The number of primary amides is 1. The van der Waals surface area contributed by atoms with Gasteiger partial charge in [0.1, 0.15) is 11.1 Å². The minimum atomic E-state index is -0.773. The number of nitrogens with two attached hydrogens (primary N) is 1. The van der Waals surface area contributed by atoms with Crippen LogP contribution in [-0.4, -0.2) is 15.5 Å². The number of nitrogens with zero attached hydrogens (tertiary/aromatic N) is 2. The molecule has 0 unspecified atom stereocenters. The third kappa shape index (κ3) is 3.03. The van der Waals surface area contributed by atoms with E-state index in [1.54, 1.807) is 31.3 Å². The molecule has 0 saturated carbocycles. The van der Waals surface area contributed by atoms with Crippen LogP contribution < -0.4 is 11.3 Å². The maximum Gasteiger partial charge on any atom is 0.261 e. The Bertz CT molecular complexity index is 970. The van der Waals surface area contributed by atoms with Gasteiger partial charge in [0.15, 0.2) is 5.16 Å². The quantitative estimate of drug-likeness (QED) is 0.583. The zero-order valence-corrected chi connectivity index (χ0v) is 13.6. The molecule has 24 heavy (non-hydrogen) atoms. The topological polar surface area (TPSA) is 78.0 Å². The van der Waals surface area contributed by atoms with Crippen LogP contribution in [0.5, 0.6) is 0 Å². The number of rotatable bonds is 4. The minimum Gasteiger partial charge on any atom is -0.368 e. The van der Waals surface area contributed by atoms with Gasteiger partial charge in [-0.25, -0.2) is 9.37 Å². The molecule has 0 aliphatic carbocycles. The fraction of sp³-hybridized carbons (Fsp3) is 0.118. The van der Waals surface area contributed by atoms with Gasteiger partial charge in [-0.05, 0) is 29.8 Å². The number of para-hydroxylation sites is 1. The number of fused-ring (bicyclic) bond motifs is 1. The summed E-state index contributed by atoms with van der Waals surface area (Å²) >= 11 is 1.07. The zero-order chi connectivity index (χ0) is 17.3. The molecule has 3 aromatic rings. The van der Waals surface area contributed by atoms with E-state index in [1.165, 1.54) is 28.8 Å². The standard InChI is InChI=1S/C17H14FN3O2S/c1-21-16(23)12-4-2-3-5-13(12)20-17(21)24-14(15(19)22)10-6-8-11(18)9-7-10/h2-9,14H,1H3,(H2,19,22)/t14-/m1/s1. The number of aromatic nitrogens is 2. The lowest BCUT2D eigenvalue weighted by Crippen LogP contribution is -2.23. The maximum absolute atomic E-state index is 13.1. The molecule has 2 N–H and O–H groups in total. The van der Waals surface area contributed by atoms with Crippen LogP contribution in [0.1, 0.15) is 10.8 Å². The van der Waals surface area contributed by atoms with Gasteiger partial charge < -0.3 is 5.73 Å². The number of benzene rings is 2. The van der Waals surface area contributed by atoms with Gasteiger partial charge in [-0.3, -0.25) is 14.2 Å². The first-order valence-corrected chi connectivity index (χ1v) is 8.02. The van der Waals surface area contributed by atoms with Gasteiger partial charge in [-0.1, -0.05) is 36.0 Å². The van der Waals surface area contributed by atoms with E-state index in [2.05, 4.69) is 4.98 Å². The molecule has 1 atom stereocenters. The van der Waals surface area contributed by atoms with Crippen molar-refractivity contribution < 1.29 is 9.18 Å². The Kier molecular flexibility index (Phi) is 4.35. The number of carbonyl (C=O) groups excluding carboxylic acids is 1. The zero-order valence-electron chi connectivity index (χ0n) is 12.8. The molecular formula is C17H14FN3O2S. The van der Waals surface area contributed by atoms with E-state index in [1.807, 2.05) is 0 Å². The lowest BCUT2D eigenvalue weighted by atomic mass is 10.1.